The Kier molecular flexibility index (Phi) is 2.64. The minimum atomic E-state index is 0.495. The van der Waals surface area contributed by atoms with E-state index in [0.29, 0.717) is 11.5 Å². The summed E-state index contributed by atoms with van der Waals surface area (Å²) in [5.74, 6) is 1.43. The van der Waals surface area contributed by atoms with E-state index >= 15 is 0 Å². The van der Waals surface area contributed by atoms with Gasteiger partial charge in [-0.1, -0.05) is 0 Å². The van der Waals surface area contributed by atoms with E-state index in [9.17, 15) is 0 Å². The van der Waals surface area contributed by atoms with Gasteiger partial charge in [0.1, 0.15) is 11.6 Å². The van der Waals surface area contributed by atoms with Crippen molar-refractivity contribution in [3.05, 3.63) is 48.0 Å². The summed E-state index contributed by atoms with van der Waals surface area (Å²) in [6.07, 6.45) is 5.38. The van der Waals surface area contributed by atoms with Crippen LogP contribution in [-0.2, 0) is 12.8 Å². The van der Waals surface area contributed by atoms with Crippen LogP contribution in [-0.4, -0.2) is 19.9 Å². The smallest absolute Gasteiger partial charge is 0.179 e. The standard InChI is InChI=1S/C13H13N5/c14-11-3-2-10-13(17-11)18-12(16-10)4-1-9-5-7-15-8-6-9/h2-3,5-8H,1,4H2,(H3,14,16,17,18). The Labute approximate surface area is 104 Å². The molecule has 0 atom stereocenters. The average Bonchev–Trinajstić information content (AvgIpc) is 2.79. The maximum Gasteiger partial charge on any atom is 0.179 e. The van der Waals surface area contributed by atoms with E-state index in [0.717, 1.165) is 24.2 Å². The van der Waals surface area contributed by atoms with Gasteiger partial charge in [0.2, 0.25) is 0 Å². The lowest BCUT2D eigenvalue weighted by atomic mass is 10.1. The van der Waals surface area contributed by atoms with Crippen molar-refractivity contribution in [1.82, 2.24) is 19.9 Å². The van der Waals surface area contributed by atoms with E-state index in [-0.39, 0.29) is 0 Å². The number of nitrogens with zero attached hydrogens (tertiary/aromatic N) is 3. The molecule has 18 heavy (non-hydrogen) atoms. The summed E-state index contributed by atoms with van der Waals surface area (Å²) in [7, 11) is 0. The fraction of sp³-hybridized carbons (Fsp3) is 0.154. The van der Waals surface area contributed by atoms with Crippen molar-refractivity contribution in [3.8, 4) is 0 Å². The maximum absolute atomic E-state index is 5.63. The van der Waals surface area contributed by atoms with Gasteiger partial charge >= 0.3 is 0 Å². The molecule has 3 N–H and O–H groups in total. The van der Waals surface area contributed by atoms with Crippen molar-refractivity contribution in [2.75, 3.05) is 5.73 Å². The largest absolute Gasteiger partial charge is 0.384 e. The van der Waals surface area contributed by atoms with E-state index in [1.54, 1.807) is 18.5 Å². The fourth-order valence-electron chi connectivity index (χ4n) is 1.89. The van der Waals surface area contributed by atoms with Crippen LogP contribution in [0.5, 0.6) is 0 Å². The highest BCUT2D eigenvalue weighted by atomic mass is 15.0. The summed E-state index contributed by atoms with van der Waals surface area (Å²) in [6, 6.07) is 7.70. The molecule has 90 valence electrons. The molecular weight excluding hydrogens is 226 g/mol. The van der Waals surface area contributed by atoms with Gasteiger partial charge in [-0.25, -0.2) is 9.97 Å². The zero-order valence-electron chi connectivity index (χ0n) is 9.80. The first kappa shape index (κ1) is 10.7. The average molecular weight is 239 g/mol. The normalized spacial score (nSPS) is 10.9. The number of pyridine rings is 2. The lowest BCUT2D eigenvalue weighted by molar-refractivity contribution is 0.886. The van der Waals surface area contributed by atoms with Crippen LogP contribution < -0.4 is 5.73 Å². The second kappa shape index (κ2) is 4.44. The van der Waals surface area contributed by atoms with Gasteiger partial charge in [-0.3, -0.25) is 4.98 Å². The quantitative estimate of drug-likeness (QED) is 0.729. The first-order chi connectivity index (χ1) is 8.81. The Morgan fingerprint density at radius 1 is 1.00 bits per heavy atom. The molecule has 0 aliphatic rings. The van der Waals surface area contributed by atoms with Crippen molar-refractivity contribution >= 4 is 17.0 Å². The van der Waals surface area contributed by atoms with Crippen LogP contribution in [0.4, 0.5) is 5.82 Å². The van der Waals surface area contributed by atoms with Crippen LogP contribution >= 0.6 is 0 Å². The number of fused-ring (bicyclic) bond motifs is 1. The van der Waals surface area contributed by atoms with Crippen molar-refractivity contribution in [1.29, 1.82) is 0 Å². The number of anilines is 1. The molecule has 0 aliphatic heterocycles. The number of nitrogens with one attached hydrogen (secondary N) is 1. The number of H-pyrrole nitrogens is 1. The number of aromatic amines is 1. The molecule has 0 bridgehead atoms. The van der Waals surface area contributed by atoms with Gasteiger partial charge < -0.3 is 10.7 Å². The molecule has 0 aliphatic carbocycles. The number of hydrogen-bond donors (Lipinski definition) is 2. The minimum absolute atomic E-state index is 0.495. The molecule has 0 spiro atoms. The highest BCUT2D eigenvalue weighted by Crippen LogP contribution is 2.12. The number of imidazole rings is 1. The molecule has 5 nitrogen and oxygen atoms in total. The van der Waals surface area contributed by atoms with Crippen LogP contribution in [0.15, 0.2) is 36.7 Å². The Hall–Kier alpha value is -2.43. The highest BCUT2D eigenvalue weighted by Gasteiger charge is 2.04. The molecule has 0 aromatic carbocycles. The molecule has 3 aromatic rings. The zero-order valence-corrected chi connectivity index (χ0v) is 9.80. The van der Waals surface area contributed by atoms with Gasteiger partial charge in [-0.05, 0) is 36.2 Å². The van der Waals surface area contributed by atoms with E-state index in [2.05, 4.69) is 19.9 Å². The van der Waals surface area contributed by atoms with Crippen molar-refractivity contribution in [2.24, 2.45) is 0 Å². The highest BCUT2D eigenvalue weighted by molar-refractivity contribution is 5.72. The fourth-order valence-corrected chi connectivity index (χ4v) is 1.89. The Morgan fingerprint density at radius 3 is 2.67 bits per heavy atom. The summed E-state index contributed by atoms with van der Waals surface area (Å²) < 4.78 is 0. The Balaban J connectivity index is 1.79. The molecule has 3 rings (SSSR count). The monoisotopic (exact) mass is 239 g/mol. The molecule has 3 heterocycles. The first-order valence-electron chi connectivity index (χ1n) is 5.81. The number of aromatic nitrogens is 4. The molecule has 0 saturated heterocycles. The third-order valence-electron chi connectivity index (χ3n) is 2.82. The maximum atomic E-state index is 5.63. The number of aryl methyl sites for hydroxylation is 2. The number of rotatable bonds is 3. The minimum Gasteiger partial charge on any atom is -0.384 e. The van der Waals surface area contributed by atoms with Crippen molar-refractivity contribution < 1.29 is 0 Å². The molecule has 0 fully saturated rings. The first-order valence-corrected chi connectivity index (χ1v) is 5.81. The summed E-state index contributed by atoms with van der Waals surface area (Å²) in [5, 5.41) is 0. The van der Waals surface area contributed by atoms with Crippen LogP contribution in [0.3, 0.4) is 0 Å². The predicted molar refractivity (Wildman–Crippen MR) is 69.9 cm³/mol. The third kappa shape index (κ3) is 2.15. The lowest BCUT2D eigenvalue weighted by Crippen LogP contribution is -1.93. The predicted octanol–water partition coefficient (Wildman–Crippen LogP) is 1.72. The molecule has 0 unspecified atom stereocenters. The molecule has 0 amide bonds. The summed E-state index contributed by atoms with van der Waals surface area (Å²) >= 11 is 0. The number of nitrogen functional groups attached to an aromatic ring is 1. The summed E-state index contributed by atoms with van der Waals surface area (Å²) in [6.45, 7) is 0. The van der Waals surface area contributed by atoms with Crippen LogP contribution in [0, 0.1) is 0 Å². The lowest BCUT2D eigenvalue weighted by Gasteiger charge is -1.97. The summed E-state index contributed by atoms with van der Waals surface area (Å²) in [4.78, 5) is 15.8. The number of hydrogen-bond acceptors (Lipinski definition) is 4. The van der Waals surface area contributed by atoms with E-state index in [1.807, 2.05) is 18.2 Å². The van der Waals surface area contributed by atoms with Gasteiger partial charge in [-0.15, -0.1) is 0 Å². The van der Waals surface area contributed by atoms with Gasteiger partial charge in [0.05, 0.1) is 5.52 Å². The second-order valence-corrected chi connectivity index (χ2v) is 4.15. The van der Waals surface area contributed by atoms with Gasteiger partial charge in [0.25, 0.3) is 0 Å². The third-order valence-corrected chi connectivity index (χ3v) is 2.82. The van der Waals surface area contributed by atoms with Gasteiger partial charge in [0, 0.05) is 18.8 Å². The molecule has 0 saturated carbocycles. The van der Waals surface area contributed by atoms with Gasteiger partial charge in [0.15, 0.2) is 5.65 Å². The van der Waals surface area contributed by atoms with Crippen LogP contribution in [0.25, 0.3) is 11.2 Å². The molecule has 3 aromatic heterocycles. The molecule has 5 heteroatoms. The SMILES string of the molecule is Nc1ccc2[nH]c(CCc3ccncc3)nc2n1. The van der Waals surface area contributed by atoms with Crippen molar-refractivity contribution in [3.63, 3.8) is 0 Å². The zero-order chi connectivity index (χ0) is 12.4. The molecule has 0 radical (unpaired) electrons. The van der Waals surface area contributed by atoms with Crippen LogP contribution in [0.1, 0.15) is 11.4 Å². The Bertz CT molecular complexity index is 659. The van der Waals surface area contributed by atoms with Gasteiger partial charge in [-0.2, -0.15) is 0 Å². The summed E-state index contributed by atoms with van der Waals surface area (Å²) in [5.41, 5.74) is 8.48. The van der Waals surface area contributed by atoms with E-state index < -0.39 is 0 Å². The second-order valence-electron chi connectivity index (χ2n) is 4.15. The van der Waals surface area contributed by atoms with Crippen molar-refractivity contribution in [2.45, 2.75) is 12.8 Å². The van der Waals surface area contributed by atoms with Crippen LogP contribution in [0.2, 0.25) is 0 Å². The van der Waals surface area contributed by atoms with E-state index in [4.69, 9.17) is 5.73 Å². The molecular formula is C13H13N5. The Morgan fingerprint density at radius 2 is 1.83 bits per heavy atom. The number of nitrogens with two attached hydrogens (primary N) is 1. The topological polar surface area (TPSA) is 80.5 Å². The van der Waals surface area contributed by atoms with E-state index in [1.165, 1.54) is 5.56 Å².